The summed E-state index contributed by atoms with van der Waals surface area (Å²) in [5.74, 6) is -1.43. The van der Waals surface area contributed by atoms with Crippen molar-refractivity contribution in [2.75, 3.05) is 6.26 Å². The summed E-state index contributed by atoms with van der Waals surface area (Å²) in [4.78, 5) is 21.9. The van der Waals surface area contributed by atoms with Crippen LogP contribution in [0, 0.1) is 10.1 Å². The van der Waals surface area contributed by atoms with Crippen LogP contribution >= 0.6 is 11.8 Å². The molecule has 1 aromatic heterocycles. The molecule has 2 rings (SSSR count). The molecule has 0 saturated heterocycles. The summed E-state index contributed by atoms with van der Waals surface area (Å²) < 4.78 is 1.20. The van der Waals surface area contributed by atoms with Gasteiger partial charge in [-0.15, -0.1) is 16.4 Å². The van der Waals surface area contributed by atoms with Crippen LogP contribution in [0.2, 0.25) is 0 Å². The maximum atomic E-state index is 11.3. The molecule has 0 aliphatic carbocycles. The summed E-state index contributed by atoms with van der Waals surface area (Å²) in [6, 6.07) is 6.13. The predicted molar refractivity (Wildman–Crippen MR) is 69.0 cm³/mol. The highest BCUT2D eigenvalue weighted by molar-refractivity contribution is 7.98. The van der Waals surface area contributed by atoms with Gasteiger partial charge in [-0.3, -0.25) is 0 Å². The Morgan fingerprint density at radius 1 is 1.47 bits per heavy atom. The van der Waals surface area contributed by atoms with Gasteiger partial charge in [0.15, 0.2) is 0 Å². The smallest absolute Gasteiger partial charge is 0.390 e. The lowest BCUT2D eigenvalue weighted by Crippen LogP contribution is -2.07. The molecule has 0 fully saturated rings. The molecule has 0 aliphatic heterocycles. The van der Waals surface area contributed by atoms with Gasteiger partial charge in [-0.2, -0.15) is 0 Å². The van der Waals surface area contributed by atoms with Gasteiger partial charge in [0, 0.05) is 4.90 Å². The minimum atomic E-state index is -1.10. The third-order valence-corrected chi connectivity index (χ3v) is 3.23. The van der Waals surface area contributed by atoms with Gasteiger partial charge in [-0.1, -0.05) is 6.07 Å². The number of carboxylic acid groups (broad SMARTS) is 1. The van der Waals surface area contributed by atoms with Crippen LogP contribution in [-0.2, 0) is 0 Å². The van der Waals surface area contributed by atoms with E-state index in [1.54, 1.807) is 24.5 Å². The van der Waals surface area contributed by atoms with Crippen molar-refractivity contribution in [1.29, 1.82) is 0 Å². The first-order valence-corrected chi connectivity index (χ1v) is 6.38. The van der Waals surface area contributed by atoms with Gasteiger partial charge in [-0.25, -0.2) is 4.79 Å². The average Bonchev–Trinajstić information content (AvgIpc) is 2.87. The molecule has 8 heteroatoms. The highest BCUT2D eigenvalue weighted by Gasteiger charge is 2.20. The molecule has 1 aromatic carbocycles. The van der Waals surface area contributed by atoms with Crippen LogP contribution in [0.5, 0.6) is 0 Å². The Hall–Kier alpha value is -2.35. The SMILES string of the molecule is CSc1cccc(-n2ccc([N+](=O)[O-])n2)c1C(=O)O. The largest absolute Gasteiger partial charge is 0.478 e. The molecular formula is C11H9N3O4S. The number of carbonyl (C=O) groups is 1. The summed E-state index contributed by atoms with van der Waals surface area (Å²) in [6.45, 7) is 0. The van der Waals surface area contributed by atoms with E-state index in [1.807, 2.05) is 0 Å². The minimum absolute atomic E-state index is 0.0768. The fraction of sp³-hybridized carbons (Fsp3) is 0.0909. The van der Waals surface area contributed by atoms with Crippen LogP contribution < -0.4 is 0 Å². The fourth-order valence-electron chi connectivity index (χ4n) is 1.64. The van der Waals surface area contributed by atoms with E-state index in [2.05, 4.69) is 5.10 Å². The first kappa shape index (κ1) is 13.1. The topological polar surface area (TPSA) is 98.3 Å². The molecule has 0 bridgehead atoms. The molecule has 1 N–H and O–H groups in total. The van der Waals surface area contributed by atoms with Crippen LogP contribution in [0.1, 0.15) is 10.4 Å². The molecule has 0 atom stereocenters. The summed E-state index contributed by atoms with van der Waals surface area (Å²) >= 11 is 1.29. The van der Waals surface area contributed by atoms with E-state index in [0.717, 1.165) is 0 Å². The molecule has 0 spiro atoms. The van der Waals surface area contributed by atoms with Crippen molar-refractivity contribution in [3.05, 3.63) is 46.1 Å². The van der Waals surface area contributed by atoms with Crippen molar-refractivity contribution in [1.82, 2.24) is 9.78 Å². The molecule has 2 aromatic rings. The fourth-order valence-corrected chi connectivity index (χ4v) is 2.25. The second-order valence-electron chi connectivity index (χ2n) is 3.54. The number of aromatic carboxylic acids is 1. The van der Waals surface area contributed by atoms with Crippen molar-refractivity contribution in [3.8, 4) is 5.69 Å². The number of hydrogen-bond acceptors (Lipinski definition) is 5. The summed E-state index contributed by atoms with van der Waals surface area (Å²) in [6.07, 6.45) is 3.13. The Labute approximate surface area is 112 Å². The Balaban J connectivity index is 2.60. The van der Waals surface area contributed by atoms with Gasteiger partial charge in [0.2, 0.25) is 0 Å². The maximum Gasteiger partial charge on any atom is 0.390 e. The number of thioether (sulfide) groups is 1. The van der Waals surface area contributed by atoms with Crippen molar-refractivity contribution >= 4 is 23.5 Å². The third-order valence-electron chi connectivity index (χ3n) is 2.45. The summed E-state index contributed by atoms with van der Waals surface area (Å²) in [5.41, 5.74) is 0.375. The molecule has 0 unspecified atom stereocenters. The number of benzene rings is 1. The average molecular weight is 279 g/mol. The predicted octanol–water partition coefficient (Wildman–Crippen LogP) is 2.20. The standard InChI is InChI=1S/C11H9N3O4S/c1-19-8-4-2-3-7(10(8)11(15)16)13-6-5-9(12-13)14(17)18/h2-6H,1H3,(H,15,16). The number of carboxylic acids is 1. The Kier molecular flexibility index (Phi) is 3.52. The number of aromatic nitrogens is 2. The van der Waals surface area contributed by atoms with E-state index in [0.29, 0.717) is 10.6 Å². The van der Waals surface area contributed by atoms with Crippen LogP contribution in [0.15, 0.2) is 35.4 Å². The molecule has 7 nitrogen and oxygen atoms in total. The van der Waals surface area contributed by atoms with Crippen molar-refractivity contribution in [2.24, 2.45) is 0 Å². The minimum Gasteiger partial charge on any atom is -0.478 e. The van der Waals surface area contributed by atoms with Gasteiger partial charge in [-0.05, 0) is 23.3 Å². The Morgan fingerprint density at radius 3 is 2.74 bits per heavy atom. The number of rotatable bonds is 4. The second-order valence-corrected chi connectivity index (χ2v) is 4.38. The molecule has 1 heterocycles. The van der Waals surface area contributed by atoms with Crippen molar-refractivity contribution in [2.45, 2.75) is 4.90 Å². The molecule has 0 aliphatic rings. The quantitative estimate of drug-likeness (QED) is 0.523. The number of nitrogens with zero attached hydrogens (tertiary/aromatic N) is 3. The molecule has 98 valence electrons. The third kappa shape index (κ3) is 2.43. The lowest BCUT2D eigenvalue weighted by atomic mass is 10.2. The first-order valence-electron chi connectivity index (χ1n) is 5.15. The van der Waals surface area contributed by atoms with E-state index >= 15 is 0 Å². The monoisotopic (exact) mass is 279 g/mol. The Bertz CT molecular complexity index is 653. The van der Waals surface area contributed by atoms with E-state index < -0.39 is 10.9 Å². The van der Waals surface area contributed by atoms with Gasteiger partial charge in [0.05, 0.1) is 17.4 Å². The van der Waals surface area contributed by atoms with Crippen LogP contribution in [0.25, 0.3) is 5.69 Å². The van der Waals surface area contributed by atoms with E-state index in [4.69, 9.17) is 0 Å². The van der Waals surface area contributed by atoms with Crippen LogP contribution in [0.3, 0.4) is 0 Å². The van der Waals surface area contributed by atoms with Crippen molar-refractivity contribution < 1.29 is 14.8 Å². The molecule has 0 saturated carbocycles. The first-order chi connectivity index (χ1) is 9.04. The maximum absolute atomic E-state index is 11.3. The lowest BCUT2D eigenvalue weighted by Gasteiger charge is -2.07. The Morgan fingerprint density at radius 2 is 2.21 bits per heavy atom. The van der Waals surface area contributed by atoms with Crippen molar-refractivity contribution in [3.63, 3.8) is 0 Å². The zero-order valence-electron chi connectivity index (χ0n) is 9.81. The van der Waals surface area contributed by atoms with E-state index in [-0.39, 0.29) is 11.4 Å². The van der Waals surface area contributed by atoms with Gasteiger partial charge in [0.25, 0.3) is 0 Å². The lowest BCUT2D eigenvalue weighted by molar-refractivity contribution is -0.389. The zero-order valence-corrected chi connectivity index (χ0v) is 10.6. The van der Waals surface area contributed by atoms with Crippen LogP contribution in [0.4, 0.5) is 5.82 Å². The van der Waals surface area contributed by atoms with Gasteiger partial charge >= 0.3 is 11.8 Å². The van der Waals surface area contributed by atoms with Gasteiger partial charge in [0.1, 0.15) is 11.3 Å². The number of nitro groups is 1. The second kappa shape index (κ2) is 5.11. The normalized spacial score (nSPS) is 10.4. The molecular weight excluding hydrogens is 270 g/mol. The highest BCUT2D eigenvalue weighted by atomic mass is 32.2. The van der Waals surface area contributed by atoms with Gasteiger partial charge < -0.3 is 15.2 Å². The molecule has 0 amide bonds. The summed E-state index contributed by atoms with van der Waals surface area (Å²) in [7, 11) is 0. The molecule has 19 heavy (non-hydrogen) atoms. The highest BCUT2D eigenvalue weighted by Crippen LogP contribution is 2.26. The number of hydrogen-bond donors (Lipinski definition) is 1. The summed E-state index contributed by atoms with van der Waals surface area (Å²) in [5, 5.41) is 23.6. The zero-order chi connectivity index (χ0) is 14.0. The van der Waals surface area contributed by atoms with Crippen LogP contribution in [-0.4, -0.2) is 32.0 Å². The van der Waals surface area contributed by atoms with E-state index in [1.165, 1.54) is 28.7 Å². The van der Waals surface area contributed by atoms with E-state index in [9.17, 15) is 20.0 Å². The molecule has 0 radical (unpaired) electrons.